The fraction of sp³-hybridized carbons (Fsp3) is 0.0909. The first kappa shape index (κ1) is 16.0. The molecule has 0 aromatic carbocycles. The van der Waals surface area contributed by atoms with E-state index in [2.05, 4.69) is 41.6 Å². The Labute approximate surface area is 136 Å². The first-order chi connectivity index (χ1) is 9.70. The smallest absolute Gasteiger partial charge is 0.371 e. The second kappa shape index (κ2) is 5.78. The minimum atomic E-state index is -4.02. The molecule has 2 N–H and O–H groups in total. The van der Waals surface area contributed by atoms with Crippen molar-refractivity contribution in [1.82, 2.24) is 4.98 Å². The predicted molar refractivity (Wildman–Crippen MR) is 80.8 cm³/mol. The Bertz CT molecular complexity index is 816. The molecule has 0 aliphatic carbocycles. The summed E-state index contributed by atoms with van der Waals surface area (Å²) >= 11 is 6.11. The number of carboxylic acid groups (broad SMARTS) is 1. The Balaban J connectivity index is 2.41. The number of hydrogen-bond donors (Lipinski definition) is 2. The fourth-order valence-corrected chi connectivity index (χ4v) is 3.94. The summed E-state index contributed by atoms with van der Waals surface area (Å²) in [4.78, 5) is 14.4. The number of carbonyl (C=O) groups is 1. The van der Waals surface area contributed by atoms with Gasteiger partial charge < -0.3 is 9.52 Å². The number of carboxylic acids is 1. The average Bonchev–Trinajstić information content (AvgIpc) is 2.76. The van der Waals surface area contributed by atoms with Gasteiger partial charge in [-0.1, -0.05) is 0 Å². The number of halogens is 2. The van der Waals surface area contributed by atoms with Crippen LogP contribution in [0.25, 0.3) is 0 Å². The van der Waals surface area contributed by atoms with E-state index < -0.39 is 21.8 Å². The van der Waals surface area contributed by atoms with E-state index in [0.29, 0.717) is 10.0 Å². The van der Waals surface area contributed by atoms with Crippen molar-refractivity contribution in [2.75, 3.05) is 4.72 Å². The van der Waals surface area contributed by atoms with Crippen LogP contribution in [0.5, 0.6) is 0 Å². The number of nitrogens with zero attached hydrogens (tertiary/aromatic N) is 1. The van der Waals surface area contributed by atoms with Crippen LogP contribution in [0.15, 0.2) is 36.8 Å². The van der Waals surface area contributed by atoms with Gasteiger partial charge in [0, 0.05) is 16.7 Å². The van der Waals surface area contributed by atoms with Crippen molar-refractivity contribution in [1.29, 1.82) is 0 Å². The number of pyridine rings is 1. The van der Waals surface area contributed by atoms with E-state index in [0.717, 1.165) is 6.07 Å². The molecule has 7 nitrogen and oxygen atoms in total. The number of nitrogens with one attached hydrogen (secondary N) is 1. The van der Waals surface area contributed by atoms with Crippen molar-refractivity contribution in [3.05, 3.63) is 38.8 Å². The first-order valence-electron chi connectivity index (χ1n) is 5.38. The number of hydrogen-bond acceptors (Lipinski definition) is 5. The molecule has 2 aromatic heterocycles. The molecule has 2 aromatic rings. The molecular weight excluding hydrogens is 432 g/mol. The molecule has 10 heteroatoms. The Morgan fingerprint density at radius 1 is 1.38 bits per heavy atom. The quantitative estimate of drug-likeness (QED) is 0.757. The Kier molecular flexibility index (Phi) is 4.40. The van der Waals surface area contributed by atoms with E-state index in [9.17, 15) is 13.2 Å². The number of furan rings is 1. The Hall–Kier alpha value is -1.39. The molecule has 0 aliphatic rings. The maximum atomic E-state index is 12.2. The third kappa shape index (κ3) is 3.44. The molecule has 2 rings (SSSR count). The van der Waals surface area contributed by atoms with Crippen LogP contribution in [0.4, 0.5) is 5.82 Å². The number of anilines is 1. The van der Waals surface area contributed by atoms with Gasteiger partial charge in [-0.15, -0.1) is 0 Å². The Morgan fingerprint density at radius 3 is 2.57 bits per heavy atom. The highest BCUT2D eigenvalue weighted by Crippen LogP contribution is 2.28. The third-order valence-corrected chi connectivity index (χ3v) is 5.06. The molecular formula is C11H8Br2N2O5S. The average molecular weight is 440 g/mol. The molecule has 0 amide bonds. The minimum absolute atomic E-state index is 0.142. The summed E-state index contributed by atoms with van der Waals surface area (Å²) in [5.41, 5.74) is 0.603. The number of sulfonamides is 1. The fourth-order valence-electron chi connectivity index (χ4n) is 1.47. The van der Waals surface area contributed by atoms with Crippen LogP contribution >= 0.6 is 31.9 Å². The lowest BCUT2D eigenvalue weighted by Crippen LogP contribution is -2.14. The molecule has 2 heterocycles. The summed E-state index contributed by atoms with van der Waals surface area (Å²) < 4.78 is 32.1. The minimum Gasteiger partial charge on any atom is -0.475 e. The molecule has 112 valence electrons. The van der Waals surface area contributed by atoms with Crippen LogP contribution < -0.4 is 4.72 Å². The highest BCUT2D eigenvalue weighted by molar-refractivity contribution is 9.10. The van der Waals surface area contributed by atoms with Gasteiger partial charge in [-0.05, 0) is 50.4 Å². The van der Waals surface area contributed by atoms with Gasteiger partial charge in [0.1, 0.15) is 10.7 Å². The normalized spacial score (nSPS) is 11.4. The van der Waals surface area contributed by atoms with Crippen molar-refractivity contribution in [2.45, 2.75) is 11.8 Å². The van der Waals surface area contributed by atoms with Gasteiger partial charge in [-0.3, -0.25) is 4.72 Å². The summed E-state index contributed by atoms with van der Waals surface area (Å²) in [6.07, 6.45) is 1.44. The van der Waals surface area contributed by atoms with Gasteiger partial charge in [0.25, 0.3) is 10.0 Å². The zero-order valence-corrected chi connectivity index (χ0v) is 14.4. The molecule has 0 aliphatic heterocycles. The van der Waals surface area contributed by atoms with Crippen LogP contribution in [-0.4, -0.2) is 24.5 Å². The van der Waals surface area contributed by atoms with Crippen LogP contribution in [0.3, 0.4) is 0 Å². The second-order valence-electron chi connectivity index (χ2n) is 3.98. The zero-order chi connectivity index (χ0) is 15.8. The highest BCUT2D eigenvalue weighted by Gasteiger charge is 2.25. The summed E-state index contributed by atoms with van der Waals surface area (Å²) in [5, 5.41) is 8.81. The molecule has 0 unspecified atom stereocenters. The second-order valence-corrected chi connectivity index (χ2v) is 7.27. The van der Waals surface area contributed by atoms with E-state index in [4.69, 9.17) is 9.52 Å². The number of aryl methyl sites for hydroxylation is 1. The number of aromatic carboxylic acids is 1. The number of aromatic nitrogens is 1. The zero-order valence-electron chi connectivity index (χ0n) is 10.4. The van der Waals surface area contributed by atoms with E-state index >= 15 is 0 Å². The molecule has 0 saturated heterocycles. The van der Waals surface area contributed by atoms with E-state index in [1.165, 1.54) is 6.20 Å². The van der Waals surface area contributed by atoms with E-state index in [1.54, 1.807) is 13.0 Å². The van der Waals surface area contributed by atoms with Crippen molar-refractivity contribution >= 4 is 53.7 Å². The standard InChI is InChI=1S/C11H8Br2N2O5S/c1-5-2-6(12)4-14-10(5)15-21(18,19)8-3-7(11(16)17)20-9(8)13/h2-4H,1H3,(H,14,15)(H,16,17). The molecule has 21 heavy (non-hydrogen) atoms. The maximum Gasteiger partial charge on any atom is 0.371 e. The molecule has 0 saturated carbocycles. The van der Waals surface area contributed by atoms with Crippen molar-refractivity contribution in [3.63, 3.8) is 0 Å². The summed E-state index contributed by atoms with van der Waals surface area (Å²) in [7, 11) is -4.02. The third-order valence-electron chi connectivity index (χ3n) is 2.43. The largest absolute Gasteiger partial charge is 0.475 e. The maximum absolute atomic E-state index is 12.2. The van der Waals surface area contributed by atoms with Crippen molar-refractivity contribution in [3.8, 4) is 0 Å². The van der Waals surface area contributed by atoms with Crippen molar-refractivity contribution in [2.24, 2.45) is 0 Å². The van der Waals surface area contributed by atoms with Gasteiger partial charge >= 0.3 is 5.97 Å². The van der Waals surface area contributed by atoms with Crippen molar-refractivity contribution < 1.29 is 22.7 Å². The molecule has 0 bridgehead atoms. The molecule has 0 radical (unpaired) electrons. The van der Waals surface area contributed by atoms with Gasteiger partial charge in [0.15, 0.2) is 4.67 Å². The van der Waals surface area contributed by atoms with Crippen LogP contribution in [-0.2, 0) is 10.0 Å². The predicted octanol–water partition coefficient (Wildman–Crippen LogP) is 3.01. The molecule has 0 fully saturated rings. The lowest BCUT2D eigenvalue weighted by molar-refractivity contribution is 0.0661. The van der Waals surface area contributed by atoms with Gasteiger partial charge in [0.05, 0.1) is 0 Å². The van der Waals surface area contributed by atoms with Gasteiger partial charge in [-0.25, -0.2) is 18.2 Å². The van der Waals surface area contributed by atoms with Crippen LogP contribution in [0, 0.1) is 6.92 Å². The Morgan fingerprint density at radius 2 is 2.05 bits per heavy atom. The topological polar surface area (TPSA) is 110 Å². The van der Waals surface area contributed by atoms with Gasteiger partial charge in [0.2, 0.25) is 5.76 Å². The highest BCUT2D eigenvalue weighted by atomic mass is 79.9. The van der Waals surface area contributed by atoms with Gasteiger partial charge in [-0.2, -0.15) is 0 Å². The lowest BCUT2D eigenvalue weighted by atomic mass is 10.3. The van der Waals surface area contributed by atoms with Crippen LogP contribution in [0.1, 0.15) is 16.1 Å². The molecule has 0 atom stereocenters. The number of rotatable bonds is 4. The van der Waals surface area contributed by atoms with E-state index in [-0.39, 0.29) is 15.4 Å². The first-order valence-corrected chi connectivity index (χ1v) is 8.45. The van der Waals surface area contributed by atoms with Crippen LogP contribution in [0.2, 0.25) is 0 Å². The monoisotopic (exact) mass is 438 g/mol. The summed E-state index contributed by atoms with van der Waals surface area (Å²) in [5.74, 6) is -1.71. The van der Waals surface area contributed by atoms with E-state index in [1.807, 2.05) is 0 Å². The summed E-state index contributed by atoms with van der Waals surface area (Å²) in [6, 6.07) is 2.61. The summed E-state index contributed by atoms with van der Waals surface area (Å²) in [6.45, 7) is 1.68. The lowest BCUT2D eigenvalue weighted by Gasteiger charge is -2.08. The SMILES string of the molecule is Cc1cc(Br)cnc1NS(=O)(=O)c1cc(C(=O)O)oc1Br. The molecule has 0 spiro atoms.